The van der Waals surface area contributed by atoms with Crippen molar-refractivity contribution < 1.29 is 9.59 Å². The fourth-order valence-electron chi connectivity index (χ4n) is 4.81. The lowest BCUT2D eigenvalue weighted by Gasteiger charge is -2.31. The van der Waals surface area contributed by atoms with Crippen molar-refractivity contribution in [2.45, 2.75) is 24.8 Å². The molecule has 176 valence electrons. The highest BCUT2D eigenvalue weighted by molar-refractivity contribution is 6.31. The van der Waals surface area contributed by atoms with Crippen molar-refractivity contribution in [3.63, 3.8) is 0 Å². The average molecular weight is 499 g/mol. The summed E-state index contributed by atoms with van der Waals surface area (Å²) in [7, 11) is 3.91. The monoisotopic (exact) mass is 498 g/mol. The number of aromatic nitrogens is 3. The number of rotatable bonds is 5. The molecule has 0 saturated heterocycles. The molecule has 3 aromatic rings. The van der Waals surface area contributed by atoms with E-state index < -0.39 is 5.41 Å². The van der Waals surface area contributed by atoms with Crippen LogP contribution in [0.1, 0.15) is 36.2 Å². The molecule has 1 aromatic heterocycles. The second kappa shape index (κ2) is 8.37. The van der Waals surface area contributed by atoms with Gasteiger partial charge in [0.2, 0.25) is 11.8 Å². The van der Waals surface area contributed by atoms with E-state index in [0.29, 0.717) is 40.2 Å². The molecule has 0 bridgehead atoms. The number of anilines is 2. The fourth-order valence-corrected chi connectivity index (χ4v) is 5.11. The first-order valence-corrected chi connectivity index (χ1v) is 11.8. The Morgan fingerprint density at radius 1 is 1.12 bits per heavy atom. The number of likely N-dealkylation sites (N-methyl/N-ethyl adjacent to an activating group) is 1. The fraction of sp³-hybridized carbons (Fsp3) is 0.333. The number of fused-ring (bicyclic) bond motifs is 4. The van der Waals surface area contributed by atoms with Gasteiger partial charge < -0.3 is 15.1 Å². The number of amides is 2. The van der Waals surface area contributed by atoms with Crippen molar-refractivity contribution in [2.24, 2.45) is 0 Å². The summed E-state index contributed by atoms with van der Waals surface area (Å²) in [5.41, 5.74) is 1.54. The Bertz CT molecular complexity index is 1290. The first kappa shape index (κ1) is 22.8. The first-order valence-electron chi connectivity index (χ1n) is 11.0. The van der Waals surface area contributed by atoms with Crippen LogP contribution in [0.2, 0.25) is 10.0 Å². The standard InChI is InChI=1S/C24H24Cl2N6O2/c1-14(15-4-6-16(25)7-5-15)32-22-21(28-29-32)24(13-20(33)27-22)18-12-17(26)8-9-19(18)31(23(24)34)11-10-30(2)3/h4-9,12,14H,10-11,13H2,1-3H3,(H,27,33)/t14-,24+/m0/s1. The molecule has 0 fully saturated rings. The molecule has 3 heterocycles. The van der Waals surface area contributed by atoms with Crippen LogP contribution in [-0.2, 0) is 15.0 Å². The van der Waals surface area contributed by atoms with E-state index in [-0.39, 0.29) is 24.3 Å². The van der Waals surface area contributed by atoms with E-state index in [2.05, 4.69) is 15.6 Å². The largest absolute Gasteiger partial charge is 0.310 e. The highest BCUT2D eigenvalue weighted by Gasteiger charge is 2.58. The van der Waals surface area contributed by atoms with Crippen LogP contribution < -0.4 is 10.2 Å². The number of hydrogen-bond donors (Lipinski definition) is 1. The van der Waals surface area contributed by atoms with Crippen LogP contribution in [0.5, 0.6) is 0 Å². The Hall–Kier alpha value is -2.94. The van der Waals surface area contributed by atoms with Crippen LogP contribution in [-0.4, -0.2) is 58.9 Å². The van der Waals surface area contributed by atoms with Gasteiger partial charge in [0.15, 0.2) is 5.82 Å². The number of hydrogen-bond acceptors (Lipinski definition) is 5. The van der Waals surface area contributed by atoms with Gasteiger partial charge in [-0.05, 0) is 62.5 Å². The van der Waals surface area contributed by atoms with Gasteiger partial charge in [0.05, 0.1) is 12.5 Å². The molecule has 2 aliphatic heterocycles. The molecular weight excluding hydrogens is 475 g/mol. The molecule has 2 amide bonds. The third-order valence-electron chi connectivity index (χ3n) is 6.59. The highest BCUT2D eigenvalue weighted by Crippen LogP contribution is 2.52. The molecule has 0 unspecified atom stereocenters. The zero-order valence-corrected chi connectivity index (χ0v) is 20.6. The summed E-state index contributed by atoms with van der Waals surface area (Å²) in [4.78, 5) is 30.8. The van der Waals surface area contributed by atoms with Gasteiger partial charge in [-0.15, -0.1) is 5.10 Å². The third-order valence-corrected chi connectivity index (χ3v) is 7.08. The van der Waals surface area contributed by atoms with Gasteiger partial charge in [0.1, 0.15) is 11.1 Å². The van der Waals surface area contributed by atoms with E-state index in [9.17, 15) is 9.59 Å². The van der Waals surface area contributed by atoms with Crippen molar-refractivity contribution >= 4 is 46.5 Å². The van der Waals surface area contributed by atoms with Crippen LogP contribution in [0, 0.1) is 0 Å². The van der Waals surface area contributed by atoms with Crippen molar-refractivity contribution in [1.82, 2.24) is 19.9 Å². The lowest BCUT2D eigenvalue weighted by molar-refractivity contribution is -0.126. The van der Waals surface area contributed by atoms with E-state index in [0.717, 1.165) is 11.3 Å². The molecule has 2 aliphatic rings. The van der Waals surface area contributed by atoms with Crippen molar-refractivity contribution in [3.05, 3.63) is 69.3 Å². The second-order valence-electron chi connectivity index (χ2n) is 9.01. The number of benzene rings is 2. The molecule has 1 spiro atoms. The zero-order valence-electron chi connectivity index (χ0n) is 19.0. The molecule has 0 saturated carbocycles. The van der Waals surface area contributed by atoms with E-state index in [1.807, 2.05) is 44.1 Å². The summed E-state index contributed by atoms with van der Waals surface area (Å²) in [6.07, 6.45) is -0.0569. The molecule has 34 heavy (non-hydrogen) atoms. The van der Waals surface area contributed by atoms with Crippen molar-refractivity contribution in [2.75, 3.05) is 37.4 Å². The summed E-state index contributed by atoms with van der Waals surface area (Å²) >= 11 is 12.4. The topological polar surface area (TPSA) is 83.4 Å². The Kier molecular flexibility index (Phi) is 5.62. The number of halogens is 2. The summed E-state index contributed by atoms with van der Waals surface area (Å²) in [5.74, 6) is -0.0329. The van der Waals surface area contributed by atoms with Gasteiger partial charge in [0, 0.05) is 28.8 Å². The SMILES string of the molecule is C[C@@H](c1ccc(Cl)cc1)n1nnc2c1NC(=O)C[C@]21C(=O)N(CCN(C)C)c2ccc(Cl)cc21. The summed E-state index contributed by atoms with van der Waals surface area (Å²) in [6.45, 7) is 3.11. The van der Waals surface area contributed by atoms with Crippen molar-refractivity contribution in [3.8, 4) is 0 Å². The van der Waals surface area contributed by atoms with E-state index in [1.54, 1.807) is 33.8 Å². The van der Waals surface area contributed by atoms with E-state index in [1.165, 1.54) is 0 Å². The van der Waals surface area contributed by atoms with Crippen LogP contribution in [0.3, 0.4) is 0 Å². The predicted molar refractivity (Wildman–Crippen MR) is 132 cm³/mol. The number of carbonyl (C=O) groups excluding carboxylic acids is 2. The molecule has 0 aliphatic carbocycles. The van der Waals surface area contributed by atoms with Gasteiger partial charge >= 0.3 is 0 Å². The lowest BCUT2D eigenvalue weighted by atomic mass is 9.73. The summed E-state index contributed by atoms with van der Waals surface area (Å²) in [6, 6.07) is 12.5. The summed E-state index contributed by atoms with van der Waals surface area (Å²) in [5, 5.41) is 12.9. The van der Waals surface area contributed by atoms with E-state index in [4.69, 9.17) is 23.2 Å². The predicted octanol–water partition coefficient (Wildman–Crippen LogP) is 3.73. The number of nitrogens with one attached hydrogen (secondary N) is 1. The van der Waals surface area contributed by atoms with Gasteiger partial charge in [-0.1, -0.05) is 40.5 Å². The minimum Gasteiger partial charge on any atom is -0.310 e. The smallest absolute Gasteiger partial charge is 0.244 e. The molecule has 2 aromatic carbocycles. The molecular formula is C24H24Cl2N6O2. The zero-order chi connectivity index (χ0) is 24.2. The second-order valence-corrected chi connectivity index (χ2v) is 9.88. The minimum atomic E-state index is -1.28. The Morgan fingerprint density at radius 2 is 1.82 bits per heavy atom. The van der Waals surface area contributed by atoms with Gasteiger partial charge in [-0.3, -0.25) is 9.59 Å². The maximum absolute atomic E-state index is 14.1. The normalized spacial score (nSPS) is 20.0. The molecule has 2 atom stereocenters. The third kappa shape index (κ3) is 3.48. The van der Waals surface area contributed by atoms with E-state index >= 15 is 0 Å². The number of nitrogens with zero attached hydrogens (tertiary/aromatic N) is 5. The molecule has 0 radical (unpaired) electrons. The van der Waals surface area contributed by atoms with Crippen LogP contribution in [0.25, 0.3) is 0 Å². The van der Waals surface area contributed by atoms with Crippen LogP contribution in [0.15, 0.2) is 42.5 Å². The Balaban J connectivity index is 1.66. The van der Waals surface area contributed by atoms with Gasteiger partial charge in [0.25, 0.3) is 0 Å². The van der Waals surface area contributed by atoms with Crippen LogP contribution in [0.4, 0.5) is 11.5 Å². The van der Waals surface area contributed by atoms with Crippen molar-refractivity contribution in [1.29, 1.82) is 0 Å². The van der Waals surface area contributed by atoms with Gasteiger partial charge in [-0.25, -0.2) is 4.68 Å². The molecule has 5 rings (SSSR count). The van der Waals surface area contributed by atoms with Gasteiger partial charge in [-0.2, -0.15) is 0 Å². The molecule has 1 N–H and O–H groups in total. The minimum absolute atomic E-state index is 0.0569. The maximum atomic E-state index is 14.1. The highest BCUT2D eigenvalue weighted by atomic mass is 35.5. The molecule has 10 heteroatoms. The Labute approximate surface area is 207 Å². The molecule has 8 nitrogen and oxygen atoms in total. The first-order chi connectivity index (χ1) is 16.2. The number of carbonyl (C=O) groups is 2. The maximum Gasteiger partial charge on any atom is 0.244 e. The Morgan fingerprint density at radius 3 is 2.53 bits per heavy atom. The lowest BCUT2D eigenvalue weighted by Crippen LogP contribution is -2.48. The average Bonchev–Trinajstić information content (AvgIpc) is 3.31. The van der Waals surface area contributed by atoms with Crippen LogP contribution >= 0.6 is 23.2 Å². The quantitative estimate of drug-likeness (QED) is 0.579. The summed E-state index contributed by atoms with van der Waals surface area (Å²) < 4.78 is 1.65.